The van der Waals surface area contributed by atoms with E-state index >= 15 is 0 Å². The van der Waals surface area contributed by atoms with Crippen molar-refractivity contribution in [3.05, 3.63) is 0 Å². The van der Waals surface area contributed by atoms with Crippen LogP contribution >= 0.6 is 21.5 Å². The maximum atomic E-state index is 11.7. The Labute approximate surface area is 89.7 Å². The van der Waals surface area contributed by atoms with E-state index in [1.165, 1.54) is 33.8 Å². The van der Waals surface area contributed by atoms with Gasteiger partial charge in [0.1, 0.15) is 0 Å². The Kier molecular flexibility index (Phi) is 5.23. The first kappa shape index (κ1) is 15.0. The molecule has 0 fully saturated rings. The quantitative estimate of drug-likeness (QED) is 0.721. The summed E-state index contributed by atoms with van der Waals surface area (Å²) in [6, 6.07) is 0. The molecular formula is C5H15O5P3S. The van der Waals surface area contributed by atoms with Crippen LogP contribution in [0.15, 0.2) is 0 Å². The van der Waals surface area contributed by atoms with E-state index in [0.717, 1.165) is 0 Å². The summed E-state index contributed by atoms with van der Waals surface area (Å²) < 4.78 is 37.6. The Morgan fingerprint density at radius 2 is 1.43 bits per heavy atom. The molecule has 2 atom stereocenters. The molecule has 0 saturated carbocycles. The lowest BCUT2D eigenvalue weighted by Crippen LogP contribution is -1.92. The first-order chi connectivity index (χ1) is 5.97. The lowest BCUT2D eigenvalue weighted by atomic mass is 11.8. The van der Waals surface area contributed by atoms with Gasteiger partial charge in [-0.15, -0.1) is 0 Å². The molecule has 0 aromatic carbocycles. The van der Waals surface area contributed by atoms with Crippen LogP contribution in [0.4, 0.5) is 0 Å². The van der Waals surface area contributed by atoms with Gasteiger partial charge in [0.05, 0.1) is 0 Å². The minimum Gasteiger partial charge on any atom is -0.333 e. The van der Waals surface area contributed by atoms with Gasteiger partial charge in [0.25, 0.3) is 0 Å². The third kappa shape index (κ3) is 7.30. The van der Waals surface area contributed by atoms with Crippen molar-refractivity contribution in [2.75, 3.05) is 33.8 Å². The maximum absolute atomic E-state index is 11.7. The van der Waals surface area contributed by atoms with E-state index in [9.17, 15) is 9.13 Å². The zero-order valence-corrected chi connectivity index (χ0v) is 12.3. The van der Waals surface area contributed by atoms with Crippen molar-refractivity contribution in [2.45, 2.75) is 0 Å². The van der Waals surface area contributed by atoms with Crippen LogP contribution in [0, 0.1) is 0 Å². The van der Waals surface area contributed by atoms with Crippen LogP contribution in [0.1, 0.15) is 0 Å². The average molecular weight is 280 g/mol. The normalized spacial score (nSPS) is 21.2. The van der Waals surface area contributed by atoms with Crippen LogP contribution in [-0.4, -0.2) is 33.8 Å². The molecule has 86 valence electrons. The summed E-state index contributed by atoms with van der Waals surface area (Å²) in [4.78, 5) is 0. The summed E-state index contributed by atoms with van der Waals surface area (Å²) in [5, 5.41) is 0. The van der Waals surface area contributed by atoms with E-state index in [-0.39, 0.29) is 0 Å². The molecule has 0 amide bonds. The Balaban J connectivity index is 4.60. The highest BCUT2D eigenvalue weighted by Gasteiger charge is 2.29. The average Bonchev–Trinajstić information content (AvgIpc) is 1.78. The molecule has 0 aliphatic heterocycles. The van der Waals surface area contributed by atoms with Crippen LogP contribution in [0.2, 0.25) is 0 Å². The van der Waals surface area contributed by atoms with Crippen LogP contribution in [0.25, 0.3) is 0 Å². The van der Waals surface area contributed by atoms with E-state index in [2.05, 4.69) is 0 Å². The van der Waals surface area contributed by atoms with Gasteiger partial charge in [-0.2, -0.15) is 0 Å². The highest BCUT2D eigenvalue weighted by Crippen LogP contribution is 2.66. The second-order valence-corrected chi connectivity index (χ2v) is 12.4. The standard InChI is InChI=1S/C5H15O5P3S/c1-8-13(5,14)10-12(4,7)9-11(2,3)6/h1-5H3. The van der Waals surface area contributed by atoms with Crippen molar-refractivity contribution >= 4 is 33.3 Å². The summed E-state index contributed by atoms with van der Waals surface area (Å²) >= 11 is 4.91. The van der Waals surface area contributed by atoms with Crippen LogP contribution in [0.3, 0.4) is 0 Å². The van der Waals surface area contributed by atoms with Crippen molar-refractivity contribution in [1.82, 2.24) is 0 Å². The summed E-state index contributed by atoms with van der Waals surface area (Å²) in [7, 11) is -4.88. The molecular weight excluding hydrogens is 265 g/mol. The van der Waals surface area contributed by atoms with Gasteiger partial charge in [-0.1, -0.05) is 0 Å². The van der Waals surface area contributed by atoms with Gasteiger partial charge in [-0.3, -0.25) is 17.8 Å². The first-order valence-electron chi connectivity index (χ1n) is 3.66. The van der Waals surface area contributed by atoms with Gasteiger partial charge >= 0.3 is 7.60 Å². The topological polar surface area (TPSA) is 61.8 Å². The predicted molar refractivity (Wildman–Crippen MR) is 62.4 cm³/mol. The zero-order chi connectivity index (χ0) is 11.6. The fraction of sp³-hybridized carbons (Fsp3) is 1.00. The van der Waals surface area contributed by atoms with Crippen molar-refractivity contribution in [3.63, 3.8) is 0 Å². The molecule has 0 radical (unpaired) electrons. The summed E-state index contributed by atoms with van der Waals surface area (Å²) in [6.45, 7) is 2.92. The second-order valence-electron chi connectivity index (χ2n) is 3.14. The number of hydrogen-bond donors (Lipinski definition) is 0. The Morgan fingerprint density at radius 3 is 1.71 bits per heavy atom. The summed E-state index contributed by atoms with van der Waals surface area (Å²) in [5.74, 6) is 0. The molecule has 14 heavy (non-hydrogen) atoms. The van der Waals surface area contributed by atoms with Crippen LogP contribution in [-0.2, 0) is 34.1 Å². The fourth-order valence-electron chi connectivity index (χ4n) is 0.675. The van der Waals surface area contributed by atoms with Gasteiger partial charge in [0, 0.05) is 33.8 Å². The second kappa shape index (κ2) is 4.88. The molecule has 2 unspecified atom stereocenters. The third-order valence-corrected chi connectivity index (χ3v) is 7.82. The molecule has 0 aliphatic carbocycles. The molecule has 9 heteroatoms. The van der Waals surface area contributed by atoms with E-state index in [4.69, 9.17) is 25.0 Å². The minimum atomic E-state index is -3.40. The van der Waals surface area contributed by atoms with E-state index in [1.54, 1.807) is 0 Å². The first-order valence-corrected chi connectivity index (χ1v) is 11.3. The van der Waals surface area contributed by atoms with Crippen LogP contribution < -0.4 is 0 Å². The monoisotopic (exact) mass is 280 g/mol. The molecule has 0 heterocycles. The lowest BCUT2D eigenvalue weighted by molar-refractivity contribution is 0.358. The molecule has 0 N–H and O–H groups in total. The van der Waals surface area contributed by atoms with Crippen molar-refractivity contribution in [3.8, 4) is 0 Å². The maximum Gasteiger partial charge on any atom is 0.338 e. The molecule has 0 aromatic rings. The molecule has 0 bridgehead atoms. The number of hydrogen-bond acceptors (Lipinski definition) is 6. The lowest BCUT2D eigenvalue weighted by Gasteiger charge is -2.21. The van der Waals surface area contributed by atoms with E-state index in [1.807, 2.05) is 0 Å². The highest BCUT2D eigenvalue weighted by atomic mass is 32.5. The molecule has 5 nitrogen and oxygen atoms in total. The van der Waals surface area contributed by atoms with Gasteiger partial charge < -0.3 is 4.52 Å². The largest absolute Gasteiger partial charge is 0.338 e. The summed E-state index contributed by atoms with van der Waals surface area (Å²) in [5.41, 5.74) is 0. The van der Waals surface area contributed by atoms with Crippen molar-refractivity contribution in [2.24, 2.45) is 0 Å². The molecule has 0 spiro atoms. The molecule has 0 aromatic heterocycles. The van der Waals surface area contributed by atoms with E-state index < -0.39 is 21.5 Å². The Bertz CT molecular complexity index is 334. The molecule has 0 aliphatic rings. The molecule has 0 saturated heterocycles. The van der Waals surface area contributed by atoms with Gasteiger partial charge in [-0.25, -0.2) is 0 Å². The van der Waals surface area contributed by atoms with Crippen molar-refractivity contribution < 1.29 is 22.3 Å². The Morgan fingerprint density at radius 1 is 1.00 bits per heavy atom. The third-order valence-electron chi connectivity index (χ3n) is 0.973. The Hall–Kier alpha value is 0.990. The fourth-order valence-corrected chi connectivity index (χ4v) is 7.43. The van der Waals surface area contributed by atoms with Gasteiger partial charge in [0.2, 0.25) is 7.37 Å². The zero-order valence-electron chi connectivity index (χ0n) is 8.79. The highest BCUT2D eigenvalue weighted by molar-refractivity contribution is 8.11. The van der Waals surface area contributed by atoms with E-state index in [0.29, 0.717) is 0 Å². The van der Waals surface area contributed by atoms with Gasteiger partial charge in [-0.05, 0) is 11.8 Å². The predicted octanol–water partition coefficient (Wildman–Crippen LogP) is 2.97. The summed E-state index contributed by atoms with van der Waals surface area (Å²) in [6.07, 6.45) is 0. The smallest absolute Gasteiger partial charge is 0.333 e. The van der Waals surface area contributed by atoms with Gasteiger partial charge in [0.15, 0.2) is 6.49 Å². The van der Waals surface area contributed by atoms with Crippen LogP contribution in [0.5, 0.6) is 0 Å². The number of rotatable bonds is 5. The van der Waals surface area contributed by atoms with Crippen molar-refractivity contribution in [1.29, 1.82) is 0 Å². The molecule has 0 rings (SSSR count). The SMILES string of the molecule is COP(C)(=S)OP(C)(=O)OP(C)(C)=O. The minimum absolute atomic E-state index is 1.23.